The second-order valence-electron chi connectivity index (χ2n) is 6.87. The highest BCUT2D eigenvalue weighted by atomic mass is 79.9. The minimum atomic E-state index is -4.42. The largest absolute Gasteiger partial charge is 0.418 e. The summed E-state index contributed by atoms with van der Waals surface area (Å²) in [4.78, 5) is 1.74. The van der Waals surface area contributed by atoms with E-state index >= 15 is 0 Å². The highest BCUT2D eigenvalue weighted by molar-refractivity contribution is 9.10. The van der Waals surface area contributed by atoms with Gasteiger partial charge in [-0.3, -0.25) is 0 Å². The zero-order valence-corrected chi connectivity index (χ0v) is 14.6. The van der Waals surface area contributed by atoms with E-state index in [0.29, 0.717) is 22.9 Å². The molecule has 0 bridgehead atoms. The third-order valence-corrected chi connectivity index (χ3v) is 4.89. The molecule has 0 unspecified atom stereocenters. The molecule has 126 valence electrons. The summed E-state index contributed by atoms with van der Waals surface area (Å²) in [5.74, 6) is 0. The Balaban J connectivity index is 2.07. The minimum Gasteiger partial charge on any atom is -0.390 e. The van der Waals surface area contributed by atoms with E-state index in [-0.39, 0.29) is 11.7 Å². The van der Waals surface area contributed by atoms with Crippen LogP contribution in [0.5, 0.6) is 0 Å². The van der Waals surface area contributed by atoms with Crippen molar-refractivity contribution in [2.75, 3.05) is 4.90 Å². The molecule has 0 radical (unpaired) electrons. The van der Waals surface area contributed by atoms with E-state index in [1.807, 2.05) is 6.20 Å². The van der Waals surface area contributed by atoms with Gasteiger partial charge in [-0.05, 0) is 57.2 Å². The van der Waals surface area contributed by atoms with Crippen molar-refractivity contribution in [2.45, 2.75) is 57.3 Å². The first kappa shape index (κ1) is 16.8. The van der Waals surface area contributed by atoms with E-state index in [2.05, 4.69) is 15.9 Å². The van der Waals surface area contributed by atoms with Crippen molar-refractivity contribution in [3.63, 3.8) is 0 Å². The molecule has 1 aromatic carbocycles. The smallest absolute Gasteiger partial charge is 0.390 e. The lowest BCUT2D eigenvalue weighted by Gasteiger charge is -2.47. The van der Waals surface area contributed by atoms with Crippen molar-refractivity contribution in [3.05, 3.63) is 39.5 Å². The first-order valence-corrected chi connectivity index (χ1v) is 8.44. The monoisotopic (exact) mass is 389 g/mol. The van der Waals surface area contributed by atoms with Gasteiger partial charge in [0.05, 0.1) is 16.9 Å². The number of rotatable bonds is 3. The number of benzene rings is 1. The van der Waals surface area contributed by atoms with Crippen LogP contribution in [0, 0.1) is 6.92 Å². The van der Waals surface area contributed by atoms with Crippen LogP contribution < -0.4 is 4.90 Å². The van der Waals surface area contributed by atoms with Gasteiger partial charge in [-0.1, -0.05) is 21.5 Å². The number of hydrogen-bond donors (Lipinski definition) is 1. The molecule has 0 amide bonds. The van der Waals surface area contributed by atoms with Gasteiger partial charge in [-0.15, -0.1) is 0 Å². The summed E-state index contributed by atoms with van der Waals surface area (Å²) in [6.45, 7) is 3.43. The van der Waals surface area contributed by atoms with E-state index in [4.69, 9.17) is 0 Å². The standard InChI is InChI=1S/C17H19BrF3NO/c1-10-5-12(18)6-14(17(19,20)21)15(10)22(9-11-3-4-11)13-7-16(2,23)8-13/h5-6,9,13,23H,3-4,7-8H2,1-2H3. The molecular weight excluding hydrogens is 371 g/mol. The number of halogens is 4. The van der Waals surface area contributed by atoms with E-state index in [0.717, 1.165) is 24.5 Å². The lowest BCUT2D eigenvalue weighted by molar-refractivity contribution is -0.137. The number of anilines is 1. The van der Waals surface area contributed by atoms with Crippen molar-refractivity contribution >= 4 is 21.6 Å². The quantitative estimate of drug-likeness (QED) is 0.770. The predicted molar refractivity (Wildman–Crippen MR) is 87.3 cm³/mol. The maximum atomic E-state index is 13.5. The minimum absolute atomic E-state index is 0.0981. The van der Waals surface area contributed by atoms with Crippen LogP contribution in [0.3, 0.4) is 0 Å². The Morgan fingerprint density at radius 3 is 2.39 bits per heavy atom. The van der Waals surface area contributed by atoms with Crippen LogP contribution in [0.4, 0.5) is 18.9 Å². The van der Waals surface area contributed by atoms with Crippen LogP contribution in [0.2, 0.25) is 0 Å². The Labute approximate surface area is 142 Å². The van der Waals surface area contributed by atoms with Gasteiger partial charge in [0, 0.05) is 16.7 Å². The number of nitrogens with zero attached hydrogens (tertiary/aromatic N) is 1. The number of alkyl halides is 3. The van der Waals surface area contributed by atoms with Crippen molar-refractivity contribution in [1.82, 2.24) is 0 Å². The molecule has 2 aliphatic carbocycles. The Kier molecular flexibility index (Phi) is 4.04. The van der Waals surface area contributed by atoms with Gasteiger partial charge < -0.3 is 10.0 Å². The second-order valence-corrected chi connectivity index (χ2v) is 7.79. The Hall–Kier alpha value is -1.01. The molecule has 0 aliphatic heterocycles. The maximum Gasteiger partial charge on any atom is 0.418 e. The van der Waals surface area contributed by atoms with Gasteiger partial charge in [-0.2, -0.15) is 13.2 Å². The molecule has 2 aliphatic rings. The van der Waals surface area contributed by atoms with E-state index in [9.17, 15) is 18.3 Å². The molecule has 1 N–H and O–H groups in total. The van der Waals surface area contributed by atoms with Crippen molar-refractivity contribution < 1.29 is 18.3 Å². The number of aliphatic hydroxyl groups is 1. The van der Waals surface area contributed by atoms with Crippen LogP contribution in [-0.2, 0) is 6.18 Å². The molecule has 0 spiro atoms. The summed E-state index contributed by atoms with van der Waals surface area (Å²) in [5, 5.41) is 9.99. The summed E-state index contributed by atoms with van der Waals surface area (Å²) in [5.41, 5.74) is 0.531. The van der Waals surface area contributed by atoms with Gasteiger partial charge in [0.2, 0.25) is 0 Å². The first-order valence-electron chi connectivity index (χ1n) is 7.64. The summed E-state index contributed by atoms with van der Waals surface area (Å²) in [6.07, 6.45) is 0.266. The molecule has 23 heavy (non-hydrogen) atoms. The predicted octanol–water partition coefficient (Wildman–Crippen LogP) is 5.17. The molecule has 1 aromatic rings. The average Bonchev–Trinajstić information content (AvgIpc) is 3.15. The van der Waals surface area contributed by atoms with Crippen molar-refractivity contribution in [1.29, 1.82) is 0 Å². The average molecular weight is 390 g/mol. The molecule has 0 saturated heterocycles. The Morgan fingerprint density at radius 2 is 1.91 bits per heavy atom. The van der Waals surface area contributed by atoms with E-state index in [1.165, 1.54) is 0 Å². The lowest BCUT2D eigenvalue weighted by Crippen LogP contribution is -2.52. The second kappa shape index (κ2) is 5.52. The topological polar surface area (TPSA) is 23.5 Å². The SMILES string of the molecule is Cc1cc(Br)cc(C(F)(F)F)c1N(C=C1CC1)C1CC(C)(O)C1. The lowest BCUT2D eigenvalue weighted by atomic mass is 9.76. The van der Waals surface area contributed by atoms with Crippen LogP contribution in [0.25, 0.3) is 0 Å². The maximum absolute atomic E-state index is 13.5. The summed E-state index contributed by atoms with van der Waals surface area (Å²) < 4.78 is 41.0. The first-order chi connectivity index (χ1) is 10.6. The molecule has 0 atom stereocenters. The number of aryl methyl sites for hydroxylation is 1. The summed E-state index contributed by atoms with van der Waals surface area (Å²) in [6, 6.07) is 2.75. The van der Waals surface area contributed by atoms with Gasteiger partial charge in [0.1, 0.15) is 0 Å². The van der Waals surface area contributed by atoms with Crippen LogP contribution >= 0.6 is 15.9 Å². The highest BCUT2D eigenvalue weighted by Crippen LogP contribution is 2.46. The number of hydrogen-bond acceptors (Lipinski definition) is 2. The molecule has 2 nitrogen and oxygen atoms in total. The van der Waals surface area contributed by atoms with Gasteiger partial charge in [0.25, 0.3) is 0 Å². The highest BCUT2D eigenvalue weighted by Gasteiger charge is 2.44. The third-order valence-electron chi connectivity index (χ3n) is 4.43. The van der Waals surface area contributed by atoms with E-state index in [1.54, 1.807) is 24.8 Å². The van der Waals surface area contributed by atoms with Gasteiger partial charge >= 0.3 is 6.18 Å². The molecule has 3 rings (SSSR count). The van der Waals surface area contributed by atoms with Crippen molar-refractivity contribution in [3.8, 4) is 0 Å². The van der Waals surface area contributed by atoms with Gasteiger partial charge in [0.15, 0.2) is 0 Å². The Morgan fingerprint density at radius 1 is 1.30 bits per heavy atom. The zero-order valence-electron chi connectivity index (χ0n) is 13.0. The third kappa shape index (κ3) is 3.58. The molecule has 2 saturated carbocycles. The zero-order chi connectivity index (χ0) is 17.0. The molecule has 6 heteroatoms. The fourth-order valence-electron chi connectivity index (χ4n) is 3.20. The Bertz CT molecular complexity index is 653. The normalized spacial score (nSPS) is 26.7. The van der Waals surface area contributed by atoms with E-state index < -0.39 is 17.3 Å². The molecule has 0 aromatic heterocycles. The van der Waals surface area contributed by atoms with Gasteiger partial charge in [-0.25, -0.2) is 0 Å². The molecule has 2 fully saturated rings. The fraction of sp³-hybridized carbons (Fsp3) is 0.529. The summed E-state index contributed by atoms with van der Waals surface area (Å²) in [7, 11) is 0. The van der Waals surface area contributed by atoms with Crippen LogP contribution in [0.15, 0.2) is 28.4 Å². The fourth-order valence-corrected chi connectivity index (χ4v) is 3.77. The van der Waals surface area contributed by atoms with Crippen LogP contribution in [0.1, 0.15) is 43.7 Å². The molecule has 0 heterocycles. The van der Waals surface area contributed by atoms with Crippen LogP contribution in [-0.4, -0.2) is 16.7 Å². The summed E-state index contributed by atoms with van der Waals surface area (Å²) >= 11 is 3.16. The van der Waals surface area contributed by atoms with Crippen molar-refractivity contribution in [2.24, 2.45) is 0 Å². The molecular formula is C17H19BrF3NO. The number of allylic oxidation sites excluding steroid dienone is 1.